The van der Waals surface area contributed by atoms with Crippen molar-refractivity contribution in [3.63, 3.8) is 0 Å². The van der Waals surface area contributed by atoms with Crippen LogP contribution in [0.4, 0.5) is 0 Å². The summed E-state index contributed by atoms with van der Waals surface area (Å²) in [5, 5.41) is 0. The highest BCUT2D eigenvalue weighted by molar-refractivity contribution is 9.10. The maximum Gasteiger partial charge on any atom is 0.313 e. The van der Waals surface area contributed by atoms with E-state index in [1.807, 2.05) is 6.92 Å². The van der Waals surface area contributed by atoms with Crippen LogP contribution in [0.15, 0.2) is 16.6 Å². The monoisotopic (exact) mass is 300 g/mol. The van der Waals surface area contributed by atoms with Crippen molar-refractivity contribution in [1.29, 1.82) is 0 Å². The predicted octanol–water partition coefficient (Wildman–Crippen LogP) is 2.51. The van der Waals surface area contributed by atoms with Crippen molar-refractivity contribution in [2.45, 2.75) is 13.3 Å². The lowest BCUT2D eigenvalue weighted by molar-refractivity contribution is -0.139. The Labute approximate surface area is 108 Å². The Balaban J connectivity index is 3.10. The Morgan fingerprint density at radius 2 is 1.94 bits per heavy atom. The van der Waals surface area contributed by atoms with Crippen molar-refractivity contribution in [1.82, 2.24) is 0 Å². The minimum atomic E-state index is -0.561. The van der Waals surface area contributed by atoms with Crippen molar-refractivity contribution in [3.8, 4) is 5.75 Å². The lowest BCUT2D eigenvalue weighted by atomic mass is 10.1. The van der Waals surface area contributed by atoms with Crippen molar-refractivity contribution >= 4 is 27.7 Å². The van der Waals surface area contributed by atoms with Crippen LogP contribution >= 0.6 is 15.9 Å². The summed E-state index contributed by atoms with van der Waals surface area (Å²) in [7, 11) is 2.73. The molecule has 0 aliphatic carbocycles. The second-order valence-electron chi connectivity index (χ2n) is 3.45. The van der Waals surface area contributed by atoms with E-state index in [1.165, 1.54) is 14.2 Å². The van der Waals surface area contributed by atoms with Gasteiger partial charge in [0.05, 0.1) is 24.3 Å². The van der Waals surface area contributed by atoms with E-state index in [0.717, 1.165) is 10.0 Å². The summed E-state index contributed by atoms with van der Waals surface area (Å²) < 4.78 is 10.3. The molecule has 1 aromatic rings. The first-order valence-corrected chi connectivity index (χ1v) is 5.73. The van der Waals surface area contributed by atoms with Crippen molar-refractivity contribution < 1.29 is 19.1 Å². The summed E-state index contributed by atoms with van der Waals surface area (Å²) in [5.41, 5.74) is 1.33. The Morgan fingerprint density at radius 3 is 2.47 bits per heavy atom. The number of Topliss-reactive ketones (excluding diaryl/α,β-unsaturated/α-hetero) is 1. The molecule has 0 spiro atoms. The Bertz CT molecular complexity index is 454. The largest absolute Gasteiger partial charge is 0.495 e. The van der Waals surface area contributed by atoms with Gasteiger partial charge >= 0.3 is 5.97 Å². The van der Waals surface area contributed by atoms with E-state index in [2.05, 4.69) is 20.7 Å². The zero-order valence-corrected chi connectivity index (χ0v) is 11.5. The fourth-order valence-electron chi connectivity index (χ4n) is 1.37. The minimum absolute atomic E-state index is 0.289. The number of ether oxygens (including phenoxy) is 2. The van der Waals surface area contributed by atoms with Gasteiger partial charge in [-0.15, -0.1) is 0 Å². The van der Waals surface area contributed by atoms with Gasteiger partial charge < -0.3 is 9.47 Å². The van der Waals surface area contributed by atoms with Gasteiger partial charge in [0.2, 0.25) is 0 Å². The van der Waals surface area contributed by atoms with E-state index < -0.39 is 5.97 Å². The fourth-order valence-corrected chi connectivity index (χ4v) is 1.88. The van der Waals surface area contributed by atoms with Gasteiger partial charge in [0, 0.05) is 0 Å². The van der Waals surface area contributed by atoms with Crippen molar-refractivity contribution in [2.24, 2.45) is 0 Å². The van der Waals surface area contributed by atoms with Crippen LogP contribution < -0.4 is 4.74 Å². The second-order valence-corrected chi connectivity index (χ2v) is 4.25. The molecule has 0 radical (unpaired) electrons. The molecule has 0 aromatic heterocycles. The lowest BCUT2D eigenvalue weighted by Gasteiger charge is -2.11. The van der Waals surface area contributed by atoms with Crippen LogP contribution in [0.3, 0.4) is 0 Å². The number of benzene rings is 1. The number of hydrogen-bond donors (Lipinski definition) is 0. The first kappa shape index (κ1) is 13.7. The maximum atomic E-state index is 11.9. The molecule has 0 amide bonds. The van der Waals surface area contributed by atoms with E-state index in [4.69, 9.17) is 4.74 Å². The van der Waals surface area contributed by atoms with Gasteiger partial charge in [-0.05, 0) is 34.5 Å². The zero-order chi connectivity index (χ0) is 13.0. The number of esters is 1. The zero-order valence-electron chi connectivity index (χ0n) is 9.87. The summed E-state index contributed by atoms with van der Waals surface area (Å²) in [6, 6.07) is 3.43. The van der Waals surface area contributed by atoms with Gasteiger partial charge in [-0.25, -0.2) is 0 Å². The van der Waals surface area contributed by atoms with E-state index >= 15 is 0 Å². The summed E-state index contributed by atoms with van der Waals surface area (Å²) in [4.78, 5) is 22.9. The van der Waals surface area contributed by atoms with Gasteiger partial charge in [-0.1, -0.05) is 6.07 Å². The molecule has 0 fully saturated rings. The van der Waals surface area contributed by atoms with Crippen LogP contribution in [-0.4, -0.2) is 26.0 Å². The summed E-state index contributed by atoms with van der Waals surface area (Å²) in [6.07, 6.45) is -0.289. The van der Waals surface area contributed by atoms with Gasteiger partial charge in [-0.3, -0.25) is 9.59 Å². The number of carbonyl (C=O) groups excluding carboxylic acids is 2. The van der Waals surface area contributed by atoms with Crippen molar-refractivity contribution in [2.75, 3.05) is 14.2 Å². The van der Waals surface area contributed by atoms with E-state index in [-0.39, 0.29) is 12.2 Å². The first-order chi connectivity index (χ1) is 8.01. The van der Waals surface area contributed by atoms with Gasteiger partial charge in [0.1, 0.15) is 12.2 Å². The molecule has 0 atom stereocenters. The predicted molar refractivity (Wildman–Crippen MR) is 66.4 cm³/mol. The average Bonchev–Trinajstić information content (AvgIpc) is 2.31. The third-order valence-electron chi connectivity index (χ3n) is 2.33. The molecular weight excluding hydrogens is 288 g/mol. The second kappa shape index (κ2) is 5.82. The number of ketones is 1. The summed E-state index contributed by atoms with van der Waals surface area (Å²) in [5.74, 6) is -0.443. The van der Waals surface area contributed by atoms with Gasteiger partial charge in [-0.2, -0.15) is 0 Å². The molecule has 0 unspecified atom stereocenters. The van der Waals surface area contributed by atoms with E-state index in [9.17, 15) is 9.59 Å². The van der Waals surface area contributed by atoms with Crippen LogP contribution in [-0.2, 0) is 9.53 Å². The third-order valence-corrected chi connectivity index (χ3v) is 3.31. The highest BCUT2D eigenvalue weighted by atomic mass is 79.9. The molecule has 0 bridgehead atoms. The topological polar surface area (TPSA) is 52.6 Å². The molecule has 0 aliphatic heterocycles. The molecule has 0 saturated heterocycles. The normalized spacial score (nSPS) is 9.88. The average molecular weight is 301 g/mol. The third kappa shape index (κ3) is 3.06. The quantitative estimate of drug-likeness (QED) is 0.487. The maximum absolute atomic E-state index is 11.9. The fraction of sp³-hybridized carbons (Fsp3) is 0.333. The molecule has 1 rings (SSSR count). The first-order valence-electron chi connectivity index (χ1n) is 4.94. The smallest absolute Gasteiger partial charge is 0.313 e. The molecule has 1 aromatic carbocycles. The standard InChI is InChI=1S/C12H13BrO4/c1-7-4-5-8(12(17-3)11(7)13)9(14)6-10(15)16-2/h4-5H,6H2,1-3H3. The van der Waals surface area contributed by atoms with Crippen molar-refractivity contribution in [3.05, 3.63) is 27.7 Å². The number of hydrogen-bond acceptors (Lipinski definition) is 4. The molecule has 0 heterocycles. The highest BCUT2D eigenvalue weighted by Crippen LogP contribution is 2.32. The molecule has 0 saturated carbocycles. The van der Waals surface area contributed by atoms with E-state index in [0.29, 0.717) is 11.3 Å². The molecule has 4 nitrogen and oxygen atoms in total. The summed E-state index contributed by atoms with van der Waals surface area (Å²) >= 11 is 3.35. The number of aryl methyl sites for hydroxylation is 1. The molecular formula is C12H13BrO4. The molecule has 17 heavy (non-hydrogen) atoms. The van der Waals surface area contributed by atoms with Crippen LogP contribution in [0.1, 0.15) is 22.3 Å². The highest BCUT2D eigenvalue weighted by Gasteiger charge is 2.19. The van der Waals surface area contributed by atoms with Crippen LogP contribution in [0, 0.1) is 6.92 Å². The van der Waals surface area contributed by atoms with Gasteiger partial charge in [0.25, 0.3) is 0 Å². The number of methoxy groups -OCH3 is 2. The van der Waals surface area contributed by atoms with E-state index in [1.54, 1.807) is 12.1 Å². The summed E-state index contributed by atoms with van der Waals surface area (Å²) in [6.45, 7) is 1.89. The van der Waals surface area contributed by atoms with Gasteiger partial charge in [0.15, 0.2) is 5.78 Å². The molecule has 92 valence electrons. The number of rotatable bonds is 4. The minimum Gasteiger partial charge on any atom is -0.495 e. The number of carbonyl (C=O) groups is 2. The van der Waals surface area contributed by atoms with Crippen LogP contribution in [0.25, 0.3) is 0 Å². The SMILES string of the molecule is COC(=O)CC(=O)c1ccc(C)c(Br)c1OC. The molecule has 5 heteroatoms. The molecule has 0 aliphatic rings. The van der Waals surface area contributed by atoms with Crippen LogP contribution in [0.2, 0.25) is 0 Å². The lowest BCUT2D eigenvalue weighted by Crippen LogP contribution is -2.11. The Hall–Kier alpha value is -1.36. The molecule has 0 N–H and O–H groups in total. The number of halogens is 1. The van der Waals surface area contributed by atoms with Crippen LogP contribution in [0.5, 0.6) is 5.75 Å². The Kier molecular flexibility index (Phi) is 4.69. The Morgan fingerprint density at radius 1 is 1.29 bits per heavy atom.